The van der Waals surface area contributed by atoms with Gasteiger partial charge < -0.3 is 4.90 Å². The molecule has 2 unspecified atom stereocenters. The third kappa shape index (κ3) is 3.48. The number of nitriles is 1. The van der Waals surface area contributed by atoms with Crippen LogP contribution in [0.2, 0.25) is 0 Å². The second-order valence-corrected chi connectivity index (χ2v) is 10.4. The highest BCUT2D eigenvalue weighted by Gasteiger charge is 2.44. The first-order chi connectivity index (χ1) is 12.9. The van der Waals surface area contributed by atoms with Crippen LogP contribution in [-0.2, 0) is 14.8 Å². The number of nitrogens with zero attached hydrogens (tertiary/aromatic N) is 3. The largest absolute Gasteiger partial charge is 0.338 e. The number of fused-ring (bicyclic) bond motifs is 1. The van der Waals surface area contributed by atoms with Crippen LogP contribution in [0.4, 0.5) is 0 Å². The van der Waals surface area contributed by atoms with Crippen LogP contribution >= 0.6 is 0 Å². The van der Waals surface area contributed by atoms with Crippen molar-refractivity contribution in [3.63, 3.8) is 0 Å². The summed E-state index contributed by atoms with van der Waals surface area (Å²) in [5, 5.41) is 8.86. The van der Waals surface area contributed by atoms with E-state index in [0.717, 1.165) is 35.5 Å². The molecule has 4 bridgehead atoms. The minimum atomic E-state index is -3.75. The van der Waals surface area contributed by atoms with Crippen molar-refractivity contribution >= 4 is 15.9 Å². The summed E-state index contributed by atoms with van der Waals surface area (Å²) in [7, 11) is -2.30. The van der Waals surface area contributed by atoms with Crippen LogP contribution in [0.25, 0.3) is 0 Å². The molecule has 2 aliphatic carbocycles. The fourth-order valence-corrected chi connectivity index (χ4v) is 6.46. The van der Waals surface area contributed by atoms with Gasteiger partial charge in [-0.15, -0.1) is 0 Å². The zero-order chi connectivity index (χ0) is 19.2. The average Bonchev–Trinajstić information content (AvgIpc) is 2.85. The molecule has 2 atom stereocenters. The second-order valence-electron chi connectivity index (χ2n) is 8.37. The highest BCUT2D eigenvalue weighted by atomic mass is 32.2. The molecule has 0 aromatic heterocycles. The highest BCUT2D eigenvalue weighted by Crippen LogP contribution is 2.47. The molecule has 1 aromatic rings. The number of likely N-dealkylation sites (N-methyl/N-ethyl adjacent to an activating group) is 1. The summed E-state index contributed by atoms with van der Waals surface area (Å²) in [6, 6.07) is 8.05. The van der Waals surface area contributed by atoms with E-state index in [1.165, 1.54) is 50.6 Å². The van der Waals surface area contributed by atoms with Crippen LogP contribution in [0.1, 0.15) is 37.7 Å². The van der Waals surface area contributed by atoms with E-state index in [1.807, 2.05) is 11.0 Å². The number of sulfonamides is 1. The lowest BCUT2D eigenvalue weighted by molar-refractivity contribution is -0.134. The van der Waals surface area contributed by atoms with Gasteiger partial charge in [0.15, 0.2) is 0 Å². The van der Waals surface area contributed by atoms with Gasteiger partial charge in [-0.05, 0) is 74.1 Å². The van der Waals surface area contributed by atoms with Gasteiger partial charge in [0.05, 0.1) is 23.1 Å². The zero-order valence-electron chi connectivity index (χ0n) is 15.5. The number of hydrogen-bond acceptors (Lipinski definition) is 4. The summed E-state index contributed by atoms with van der Waals surface area (Å²) in [5.74, 6) is 1.97. The van der Waals surface area contributed by atoms with Gasteiger partial charge >= 0.3 is 0 Å². The first-order valence-electron chi connectivity index (χ1n) is 9.62. The molecule has 0 radical (unpaired) electrons. The summed E-state index contributed by atoms with van der Waals surface area (Å²) in [6.45, 7) is 0.641. The molecule has 7 heteroatoms. The molecule has 0 N–H and O–H groups in total. The summed E-state index contributed by atoms with van der Waals surface area (Å²) in [6.07, 6.45) is 5.89. The van der Waals surface area contributed by atoms with Crippen LogP contribution in [-0.4, -0.2) is 49.7 Å². The van der Waals surface area contributed by atoms with E-state index in [2.05, 4.69) is 0 Å². The lowest BCUT2D eigenvalue weighted by Crippen LogP contribution is -2.47. The van der Waals surface area contributed by atoms with Gasteiger partial charge in [0.1, 0.15) is 0 Å². The van der Waals surface area contributed by atoms with Crippen LogP contribution in [0.15, 0.2) is 29.2 Å². The molecule has 6 nitrogen and oxygen atoms in total. The fraction of sp³-hybridized carbons (Fsp3) is 0.600. The molecular weight excluding hydrogens is 362 g/mol. The molecule has 2 heterocycles. The van der Waals surface area contributed by atoms with Gasteiger partial charge in [-0.25, -0.2) is 8.42 Å². The van der Waals surface area contributed by atoms with Crippen molar-refractivity contribution in [2.75, 3.05) is 20.1 Å². The lowest BCUT2D eigenvalue weighted by atomic mass is 9.68. The van der Waals surface area contributed by atoms with Crippen LogP contribution in [0.3, 0.4) is 0 Å². The first-order valence-corrected chi connectivity index (χ1v) is 11.1. The smallest absolute Gasteiger partial charge is 0.243 e. The van der Waals surface area contributed by atoms with E-state index in [-0.39, 0.29) is 23.4 Å². The van der Waals surface area contributed by atoms with Crippen molar-refractivity contribution in [3.8, 4) is 6.07 Å². The first kappa shape index (κ1) is 18.5. The molecule has 2 saturated heterocycles. The molecule has 1 amide bonds. The molecule has 1 aromatic carbocycles. The van der Waals surface area contributed by atoms with E-state index in [4.69, 9.17) is 5.26 Å². The predicted octanol–water partition coefficient (Wildman–Crippen LogP) is 2.22. The summed E-state index contributed by atoms with van der Waals surface area (Å²) in [5.41, 5.74) is 0.406. The minimum absolute atomic E-state index is 0.0899. The Kier molecular flexibility index (Phi) is 4.73. The van der Waals surface area contributed by atoms with Crippen molar-refractivity contribution in [2.45, 2.75) is 43.0 Å². The van der Waals surface area contributed by atoms with Crippen LogP contribution in [0, 0.1) is 29.1 Å². The maximum absolute atomic E-state index is 13.0. The topological polar surface area (TPSA) is 81.5 Å². The standard InChI is InChI=1S/C20H25N3O3S/c1-22(27(25,26)19-4-2-14(11-21)3-5-19)13-20(24)23-12-17-7-15-6-16(8-17)10-18(23)9-15/h2-5,15-18H,6-10,12-13H2,1H3. The van der Waals surface area contributed by atoms with Gasteiger partial charge in [-0.3, -0.25) is 4.79 Å². The Morgan fingerprint density at radius 1 is 1.11 bits per heavy atom. The summed E-state index contributed by atoms with van der Waals surface area (Å²) >= 11 is 0. The van der Waals surface area contributed by atoms with E-state index < -0.39 is 10.0 Å². The minimum Gasteiger partial charge on any atom is -0.338 e. The van der Waals surface area contributed by atoms with Crippen molar-refractivity contribution in [1.29, 1.82) is 5.26 Å². The SMILES string of the molecule is CN(CC(=O)N1CC2CC3CC(C2)CC1C3)S(=O)(=O)c1ccc(C#N)cc1. The number of carbonyl (C=O) groups excluding carboxylic acids is 1. The maximum Gasteiger partial charge on any atom is 0.243 e. The molecule has 2 aliphatic heterocycles. The summed E-state index contributed by atoms with van der Waals surface area (Å²) in [4.78, 5) is 15.1. The third-order valence-corrected chi connectivity index (χ3v) is 8.29. The average molecular weight is 388 g/mol. The van der Waals surface area contributed by atoms with Gasteiger partial charge in [-0.1, -0.05) is 0 Å². The van der Waals surface area contributed by atoms with E-state index >= 15 is 0 Å². The van der Waals surface area contributed by atoms with Gasteiger partial charge in [0, 0.05) is 19.6 Å². The molecule has 4 fully saturated rings. The Balaban J connectivity index is 1.48. The summed E-state index contributed by atoms with van der Waals surface area (Å²) < 4.78 is 26.7. The van der Waals surface area contributed by atoms with Crippen molar-refractivity contribution in [1.82, 2.24) is 9.21 Å². The zero-order valence-corrected chi connectivity index (χ0v) is 16.4. The number of carbonyl (C=O) groups is 1. The second kappa shape index (κ2) is 6.92. The molecule has 0 spiro atoms. The van der Waals surface area contributed by atoms with Crippen molar-refractivity contribution in [2.24, 2.45) is 17.8 Å². The van der Waals surface area contributed by atoms with Gasteiger partial charge in [0.2, 0.25) is 15.9 Å². The van der Waals surface area contributed by atoms with Crippen molar-refractivity contribution < 1.29 is 13.2 Å². The van der Waals surface area contributed by atoms with Crippen LogP contribution in [0.5, 0.6) is 0 Å². The molecule has 27 heavy (non-hydrogen) atoms. The highest BCUT2D eigenvalue weighted by molar-refractivity contribution is 7.89. The quantitative estimate of drug-likeness (QED) is 0.793. The Labute approximate surface area is 160 Å². The van der Waals surface area contributed by atoms with E-state index in [9.17, 15) is 13.2 Å². The van der Waals surface area contributed by atoms with Gasteiger partial charge in [-0.2, -0.15) is 9.57 Å². The Hall–Kier alpha value is -1.91. The number of benzene rings is 1. The molecule has 4 aliphatic rings. The molecule has 144 valence electrons. The molecule has 2 saturated carbocycles. The predicted molar refractivity (Wildman–Crippen MR) is 100 cm³/mol. The maximum atomic E-state index is 13.0. The Morgan fingerprint density at radius 2 is 1.70 bits per heavy atom. The normalized spacial score (nSPS) is 29.6. The van der Waals surface area contributed by atoms with Crippen molar-refractivity contribution in [3.05, 3.63) is 29.8 Å². The number of rotatable bonds is 4. The monoisotopic (exact) mass is 387 g/mol. The lowest BCUT2D eigenvalue weighted by Gasteiger charge is -2.39. The van der Waals surface area contributed by atoms with E-state index in [0.29, 0.717) is 11.5 Å². The van der Waals surface area contributed by atoms with E-state index in [1.54, 1.807) is 0 Å². The Bertz CT molecular complexity index is 861. The molecule has 5 rings (SSSR count). The van der Waals surface area contributed by atoms with Crippen LogP contribution < -0.4 is 0 Å². The Morgan fingerprint density at radius 3 is 2.30 bits per heavy atom. The number of hydrogen-bond donors (Lipinski definition) is 0. The van der Waals surface area contributed by atoms with Gasteiger partial charge in [0.25, 0.3) is 0 Å². The third-order valence-electron chi connectivity index (χ3n) is 6.48. The number of amides is 1. The fourth-order valence-electron chi connectivity index (χ4n) is 5.34. The molecular formula is C20H25N3O3S.